The highest BCUT2D eigenvalue weighted by Gasteiger charge is 2.40. The van der Waals surface area contributed by atoms with E-state index in [-0.39, 0.29) is 0 Å². The van der Waals surface area contributed by atoms with Crippen LogP contribution in [0.5, 0.6) is 0 Å². The first kappa shape index (κ1) is 7.56. The summed E-state index contributed by atoms with van der Waals surface area (Å²) in [6.45, 7) is 6.74. The van der Waals surface area contributed by atoms with Crippen molar-refractivity contribution >= 4 is 0 Å². The van der Waals surface area contributed by atoms with Crippen molar-refractivity contribution in [3.8, 4) is 0 Å². The predicted octanol–water partition coefficient (Wildman–Crippen LogP) is 1.02. The van der Waals surface area contributed by atoms with Crippen LogP contribution >= 0.6 is 0 Å². The van der Waals surface area contributed by atoms with E-state index in [0.717, 1.165) is 19.1 Å². The molecule has 2 aliphatic heterocycles. The maximum atomic E-state index is 5.29. The van der Waals surface area contributed by atoms with Gasteiger partial charge in [-0.05, 0) is 31.8 Å². The van der Waals surface area contributed by atoms with E-state index in [2.05, 4.69) is 12.2 Å². The molecule has 2 nitrogen and oxygen atoms in total. The third-order valence-corrected chi connectivity index (χ3v) is 2.92. The fourth-order valence-corrected chi connectivity index (χ4v) is 2.27. The smallest absolute Gasteiger partial charge is 0.0545 e. The Morgan fingerprint density at radius 1 is 1.45 bits per heavy atom. The summed E-state index contributed by atoms with van der Waals surface area (Å²) in [7, 11) is 0. The zero-order valence-corrected chi connectivity index (χ0v) is 7.23. The molecule has 2 rings (SSSR count). The molecule has 64 valence electrons. The van der Waals surface area contributed by atoms with Gasteiger partial charge >= 0.3 is 0 Å². The Morgan fingerprint density at radius 2 is 2.27 bits per heavy atom. The highest BCUT2D eigenvalue weighted by molar-refractivity contribution is 4.89. The molecule has 2 heterocycles. The SMILES string of the molecule is CC1CNCCC2(COC2)C1. The van der Waals surface area contributed by atoms with E-state index in [1.54, 1.807) is 0 Å². The topological polar surface area (TPSA) is 21.3 Å². The Hall–Kier alpha value is -0.0800. The summed E-state index contributed by atoms with van der Waals surface area (Å²) in [6.07, 6.45) is 2.68. The lowest BCUT2D eigenvalue weighted by atomic mass is 9.76. The summed E-state index contributed by atoms with van der Waals surface area (Å²) < 4.78 is 5.29. The van der Waals surface area contributed by atoms with E-state index in [0.29, 0.717) is 5.41 Å². The Bertz CT molecular complexity index is 142. The highest BCUT2D eigenvalue weighted by atomic mass is 16.5. The minimum atomic E-state index is 0.572. The number of nitrogens with one attached hydrogen (secondary N) is 1. The predicted molar refractivity (Wildman–Crippen MR) is 44.5 cm³/mol. The fraction of sp³-hybridized carbons (Fsp3) is 1.00. The average Bonchev–Trinajstić information content (AvgIpc) is 2.09. The third-order valence-electron chi connectivity index (χ3n) is 2.92. The van der Waals surface area contributed by atoms with Crippen LogP contribution in [0.3, 0.4) is 0 Å². The van der Waals surface area contributed by atoms with Crippen molar-refractivity contribution in [2.45, 2.75) is 19.8 Å². The summed E-state index contributed by atoms with van der Waals surface area (Å²) in [5.74, 6) is 0.835. The van der Waals surface area contributed by atoms with Crippen LogP contribution in [0.15, 0.2) is 0 Å². The van der Waals surface area contributed by atoms with Crippen molar-refractivity contribution in [3.05, 3.63) is 0 Å². The van der Waals surface area contributed by atoms with E-state index in [4.69, 9.17) is 4.74 Å². The minimum Gasteiger partial charge on any atom is -0.380 e. The van der Waals surface area contributed by atoms with Crippen molar-refractivity contribution in [2.24, 2.45) is 11.3 Å². The zero-order valence-electron chi connectivity index (χ0n) is 7.23. The van der Waals surface area contributed by atoms with Crippen LogP contribution in [0.1, 0.15) is 19.8 Å². The van der Waals surface area contributed by atoms with Crippen LogP contribution in [0.2, 0.25) is 0 Å². The molecule has 2 aliphatic rings. The molecule has 11 heavy (non-hydrogen) atoms. The van der Waals surface area contributed by atoms with E-state index in [1.807, 2.05) is 0 Å². The molecule has 0 bridgehead atoms. The maximum Gasteiger partial charge on any atom is 0.0545 e. The molecule has 0 amide bonds. The second kappa shape index (κ2) is 2.76. The van der Waals surface area contributed by atoms with Gasteiger partial charge in [0.25, 0.3) is 0 Å². The largest absolute Gasteiger partial charge is 0.380 e. The van der Waals surface area contributed by atoms with Gasteiger partial charge in [-0.25, -0.2) is 0 Å². The van der Waals surface area contributed by atoms with Gasteiger partial charge in [0, 0.05) is 5.41 Å². The van der Waals surface area contributed by atoms with Crippen LogP contribution in [0.4, 0.5) is 0 Å². The zero-order chi connectivity index (χ0) is 7.73. The van der Waals surface area contributed by atoms with Crippen molar-refractivity contribution < 1.29 is 4.74 Å². The normalized spacial score (nSPS) is 36.3. The third kappa shape index (κ3) is 1.42. The number of hydrogen-bond donors (Lipinski definition) is 1. The minimum absolute atomic E-state index is 0.572. The quantitative estimate of drug-likeness (QED) is 0.564. The molecule has 0 aromatic carbocycles. The molecule has 2 heteroatoms. The van der Waals surface area contributed by atoms with Crippen molar-refractivity contribution in [2.75, 3.05) is 26.3 Å². The van der Waals surface area contributed by atoms with Crippen molar-refractivity contribution in [1.82, 2.24) is 5.32 Å². The monoisotopic (exact) mass is 155 g/mol. The van der Waals surface area contributed by atoms with Gasteiger partial charge in [-0.3, -0.25) is 0 Å². The van der Waals surface area contributed by atoms with Crippen LogP contribution < -0.4 is 5.32 Å². The summed E-state index contributed by atoms with van der Waals surface area (Å²) >= 11 is 0. The molecule has 2 fully saturated rings. The average molecular weight is 155 g/mol. The van der Waals surface area contributed by atoms with Crippen LogP contribution in [-0.4, -0.2) is 26.3 Å². The fourth-order valence-electron chi connectivity index (χ4n) is 2.27. The molecule has 2 saturated heterocycles. The lowest BCUT2D eigenvalue weighted by Gasteiger charge is -2.41. The Labute approximate surface area is 68.3 Å². The number of hydrogen-bond acceptors (Lipinski definition) is 2. The summed E-state index contributed by atoms with van der Waals surface area (Å²) in [5, 5.41) is 3.46. The Balaban J connectivity index is 1.97. The molecule has 0 aromatic rings. The van der Waals surface area contributed by atoms with Crippen molar-refractivity contribution in [1.29, 1.82) is 0 Å². The first-order valence-corrected chi connectivity index (χ1v) is 4.59. The molecule has 1 unspecified atom stereocenters. The molecular formula is C9H17NO. The molecule has 0 saturated carbocycles. The first-order valence-electron chi connectivity index (χ1n) is 4.59. The molecule has 0 radical (unpaired) electrons. The van der Waals surface area contributed by atoms with Gasteiger partial charge in [0.15, 0.2) is 0 Å². The van der Waals surface area contributed by atoms with Gasteiger partial charge in [0.2, 0.25) is 0 Å². The van der Waals surface area contributed by atoms with E-state index >= 15 is 0 Å². The molecule has 1 spiro atoms. The highest BCUT2D eigenvalue weighted by Crippen LogP contribution is 2.38. The molecule has 0 aliphatic carbocycles. The van der Waals surface area contributed by atoms with Crippen LogP contribution in [0, 0.1) is 11.3 Å². The van der Waals surface area contributed by atoms with E-state index in [9.17, 15) is 0 Å². The van der Waals surface area contributed by atoms with Gasteiger partial charge in [-0.15, -0.1) is 0 Å². The maximum absolute atomic E-state index is 5.29. The van der Waals surface area contributed by atoms with E-state index in [1.165, 1.54) is 25.9 Å². The van der Waals surface area contributed by atoms with E-state index < -0.39 is 0 Å². The molecule has 0 aromatic heterocycles. The summed E-state index contributed by atoms with van der Waals surface area (Å²) in [5.41, 5.74) is 0.572. The van der Waals surface area contributed by atoms with Crippen LogP contribution in [-0.2, 0) is 4.74 Å². The van der Waals surface area contributed by atoms with Gasteiger partial charge in [0.1, 0.15) is 0 Å². The van der Waals surface area contributed by atoms with Gasteiger partial charge in [-0.1, -0.05) is 6.92 Å². The van der Waals surface area contributed by atoms with Crippen molar-refractivity contribution in [3.63, 3.8) is 0 Å². The summed E-state index contributed by atoms with van der Waals surface area (Å²) in [6, 6.07) is 0. The standard InChI is InChI=1S/C9H17NO/c1-8-4-9(6-11-7-9)2-3-10-5-8/h8,10H,2-7H2,1H3. The molecule has 1 N–H and O–H groups in total. The number of ether oxygens (including phenoxy) is 1. The first-order chi connectivity index (χ1) is 5.31. The van der Waals surface area contributed by atoms with Gasteiger partial charge in [-0.2, -0.15) is 0 Å². The second-order valence-electron chi connectivity index (χ2n) is 4.26. The van der Waals surface area contributed by atoms with Crippen LogP contribution in [0.25, 0.3) is 0 Å². The van der Waals surface area contributed by atoms with Gasteiger partial charge in [0.05, 0.1) is 13.2 Å². The lowest BCUT2D eigenvalue weighted by molar-refractivity contribution is -0.123. The molecule has 1 atom stereocenters. The number of rotatable bonds is 0. The lowest BCUT2D eigenvalue weighted by Crippen LogP contribution is -2.43. The summed E-state index contributed by atoms with van der Waals surface area (Å²) in [4.78, 5) is 0. The Kier molecular flexibility index (Phi) is 1.90. The second-order valence-corrected chi connectivity index (χ2v) is 4.26. The molecular weight excluding hydrogens is 138 g/mol. The van der Waals surface area contributed by atoms with Gasteiger partial charge < -0.3 is 10.1 Å². The Morgan fingerprint density at radius 3 is 2.91 bits per heavy atom.